The smallest absolute Gasteiger partial charge is 0.239 e. The number of nitrogens with one attached hydrogen (secondary N) is 1. The summed E-state index contributed by atoms with van der Waals surface area (Å²) in [5.74, 6) is -0.368. The molecule has 2 aromatic rings. The summed E-state index contributed by atoms with van der Waals surface area (Å²) in [6.45, 7) is 2.16. The molecular formula is C17H18BrFN2O. The van der Waals surface area contributed by atoms with Crippen LogP contribution in [-0.4, -0.2) is 19.5 Å². The summed E-state index contributed by atoms with van der Waals surface area (Å²) >= 11 is 3.39. The molecule has 3 nitrogen and oxygen atoms in total. The second-order valence-corrected chi connectivity index (χ2v) is 6.09. The molecule has 1 atom stereocenters. The highest BCUT2D eigenvalue weighted by molar-refractivity contribution is 9.10. The number of carbonyl (C=O) groups excluding carboxylic acids is 1. The largest absolute Gasteiger partial charge is 0.365 e. The van der Waals surface area contributed by atoms with Gasteiger partial charge in [-0.25, -0.2) is 4.39 Å². The van der Waals surface area contributed by atoms with Crippen molar-refractivity contribution in [3.05, 3.63) is 64.4 Å². The third-order valence-electron chi connectivity index (χ3n) is 3.40. The Balaban J connectivity index is 1.91. The van der Waals surface area contributed by atoms with Gasteiger partial charge < -0.3 is 10.2 Å². The van der Waals surface area contributed by atoms with Gasteiger partial charge in [-0.15, -0.1) is 0 Å². The zero-order valence-corrected chi connectivity index (χ0v) is 14.1. The molecule has 0 radical (unpaired) electrons. The molecule has 0 aromatic heterocycles. The van der Waals surface area contributed by atoms with E-state index in [4.69, 9.17) is 0 Å². The van der Waals surface area contributed by atoms with Crippen molar-refractivity contribution < 1.29 is 9.18 Å². The number of hydrogen-bond acceptors (Lipinski definition) is 2. The molecule has 5 heteroatoms. The van der Waals surface area contributed by atoms with Crippen molar-refractivity contribution in [2.75, 3.05) is 18.5 Å². The van der Waals surface area contributed by atoms with Gasteiger partial charge in [0.1, 0.15) is 5.82 Å². The lowest BCUT2D eigenvalue weighted by Crippen LogP contribution is -2.36. The monoisotopic (exact) mass is 364 g/mol. The van der Waals surface area contributed by atoms with Gasteiger partial charge >= 0.3 is 0 Å². The molecule has 0 saturated heterocycles. The topological polar surface area (TPSA) is 32.3 Å². The number of anilines is 1. The van der Waals surface area contributed by atoms with Gasteiger partial charge in [0.25, 0.3) is 0 Å². The molecule has 22 heavy (non-hydrogen) atoms. The van der Waals surface area contributed by atoms with Crippen LogP contribution in [0.2, 0.25) is 0 Å². The van der Waals surface area contributed by atoms with Gasteiger partial charge in [0.15, 0.2) is 0 Å². The lowest BCUT2D eigenvalue weighted by molar-refractivity contribution is -0.120. The van der Waals surface area contributed by atoms with E-state index >= 15 is 0 Å². The van der Waals surface area contributed by atoms with E-state index in [1.165, 1.54) is 12.1 Å². The van der Waals surface area contributed by atoms with Gasteiger partial charge in [-0.05, 0) is 48.9 Å². The number of halogens is 2. The van der Waals surface area contributed by atoms with Gasteiger partial charge in [-0.2, -0.15) is 0 Å². The third kappa shape index (κ3) is 4.56. The van der Waals surface area contributed by atoms with E-state index in [-0.39, 0.29) is 24.3 Å². The van der Waals surface area contributed by atoms with Crippen LogP contribution in [0.25, 0.3) is 0 Å². The first kappa shape index (κ1) is 16.5. The molecule has 0 bridgehead atoms. The van der Waals surface area contributed by atoms with Crippen molar-refractivity contribution in [3.63, 3.8) is 0 Å². The minimum atomic E-state index is -0.287. The van der Waals surface area contributed by atoms with Crippen LogP contribution in [0.5, 0.6) is 0 Å². The lowest BCUT2D eigenvalue weighted by Gasteiger charge is -2.21. The Labute approximate surface area is 138 Å². The van der Waals surface area contributed by atoms with Crippen LogP contribution in [0.4, 0.5) is 10.1 Å². The number of nitrogens with zero attached hydrogens (tertiary/aromatic N) is 1. The van der Waals surface area contributed by atoms with Crippen LogP contribution in [-0.2, 0) is 4.79 Å². The quantitative estimate of drug-likeness (QED) is 0.872. The zero-order valence-electron chi connectivity index (χ0n) is 12.5. The molecule has 0 spiro atoms. The van der Waals surface area contributed by atoms with Crippen LogP contribution in [0.1, 0.15) is 18.5 Å². The summed E-state index contributed by atoms with van der Waals surface area (Å²) in [7, 11) is 1.80. The highest BCUT2D eigenvalue weighted by Gasteiger charge is 2.12. The molecule has 1 N–H and O–H groups in total. The van der Waals surface area contributed by atoms with Crippen LogP contribution >= 0.6 is 15.9 Å². The van der Waals surface area contributed by atoms with Crippen molar-refractivity contribution in [1.29, 1.82) is 0 Å². The Kier molecular flexibility index (Phi) is 5.55. The summed E-state index contributed by atoms with van der Waals surface area (Å²) in [5, 5.41) is 2.96. The minimum Gasteiger partial charge on any atom is -0.365 e. The van der Waals surface area contributed by atoms with E-state index in [0.29, 0.717) is 0 Å². The van der Waals surface area contributed by atoms with Gasteiger partial charge in [0, 0.05) is 17.2 Å². The van der Waals surface area contributed by atoms with Gasteiger partial charge in [0.05, 0.1) is 12.6 Å². The maximum Gasteiger partial charge on any atom is 0.239 e. The van der Waals surface area contributed by atoms with Crippen LogP contribution in [0.3, 0.4) is 0 Å². The Morgan fingerprint density at radius 1 is 1.18 bits per heavy atom. The Morgan fingerprint density at radius 3 is 2.36 bits per heavy atom. The van der Waals surface area contributed by atoms with E-state index in [1.807, 2.05) is 31.2 Å². The molecule has 0 aliphatic heterocycles. The number of carbonyl (C=O) groups is 1. The maximum absolute atomic E-state index is 12.9. The normalized spacial score (nSPS) is 11.8. The van der Waals surface area contributed by atoms with Gasteiger partial charge in [0.2, 0.25) is 5.91 Å². The summed E-state index contributed by atoms with van der Waals surface area (Å²) < 4.78 is 13.9. The summed E-state index contributed by atoms with van der Waals surface area (Å²) in [6, 6.07) is 13.8. The van der Waals surface area contributed by atoms with Crippen molar-refractivity contribution in [2.45, 2.75) is 13.0 Å². The van der Waals surface area contributed by atoms with Crippen LogP contribution in [0.15, 0.2) is 53.0 Å². The standard InChI is InChI=1S/C17H18BrFN2O/c1-12(13-3-5-14(18)6-4-13)20-17(22)11-21(2)16-9-7-15(19)8-10-16/h3-10,12H,11H2,1-2H3,(H,20,22). The predicted molar refractivity (Wildman–Crippen MR) is 90.4 cm³/mol. The number of hydrogen-bond donors (Lipinski definition) is 1. The van der Waals surface area contributed by atoms with Gasteiger partial charge in [-0.3, -0.25) is 4.79 Å². The maximum atomic E-state index is 12.9. The molecule has 0 fully saturated rings. The second kappa shape index (κ2) is 7.40. The molecule has 0 aliphatic rings. The van der Waals surface area contributed by atoms with Crippen LogP contribution < -0.4 is 10.2 Å². The summed E-state index contributed by atoms with van der Waals surface area (Å²) in [4.78, 5) is 13.9. The van der Waals surface area contributed by atoms with Crippen LogP contribution in [0, 0.1) is 5.82 Å². The van der Waals surface area contributed by atoms with E-state index < -0.39 is 0 Å². The molecule has 0 saturated carbocycles. The molecular weight excluding hydrogens is 347 g/mol. The van der Waals surface area contributed by atoms with E-state index in [0.717, 1.165) is 15.7 Å². The fraction of sp³-hybridized carbons (Fsp3) is 0.235. The van der Waals surface area contributed by atoms with E-state index in [2.05, 4.69) is 21.2 Å². The SMILES string of the molecule is CC(NC(=O)CN(C)c1ccc(F)cc1)c1ccc(Br)cc1. The van der Waals surface area contributed by atoms with E-state index in [1.54, 1.807) is 24.1 Å². The van der Waals surface area contributed by atoms with Gasteiger partial charge in [-0.1, -0.05) is 28.1 Å². The van der Waals surface area contributed by atoms with Crippen molar-refractivity contribution in [3.8, 4) is 0 Å². The molecule has 1 unspecified atom stereocenters. The van der Waals surface area contributed by atoms with E-state index in [9.17, 15) is 9.18 Å². The fourth-order valence-electron chi connectivity index (χ4n) is 2.12. The van der Waals surface area contributed by atoms with Crippen molar-refractivity contribution >= 4 is 27.5 Å². The molecule has 0 heterocycles. The number of amides is 1. The average molecular weight is 365 g/mol. The molecule has 0 aliphatic carbocycles. The molecule has 2 rings (SSSR count). The average Bonchev–Trinajstić information content (AvgIpc) is 2.48. The highest BCUT2D eigenvalue weighted by atomic mass is 79.9. The predicted octanol–water partition coefficient (Wildman–Crippen LogP) is 3.90. The first-order valence-electron chi connectivity index (χ1n) is 6.97. The first-order valence-corrected chi connectivity index (χ1v) is 7.76. The molecule has 116 valence electrons. The summed E-state index contributed by atoms with van der Waals surface area (Å²) in [5.41, 5.74) is 1.84. The summed E-state index contributed by atoms with van der Waals surface area (Å²) in [6.07, 6.45) is 0. The lowest BCUT2D eigenvalue weighted by atomic mass is 10.1. The Hall–Kier alpha value is -1.88. The number of likely N-dealkylation sites (N-methyl/N-ethyl adjacent to an activating group) is 1. The number of rotatable bonds is 5. The Morgan fingerprint density at radius 2 is 1.77 bits per heavy atom. The first-order chi connectivity index (χ1) is 10.5. The van der Waals surface area contributed by atoms with Crippen molar-refractivity contribution in [2.24, 2.45) is 0 Å². The minimum absolute atomic E-state index is 0.0674. The number of benzene rings is 2. The zero-order chi connectivity index (χ0) is 16.1. The second-order valence-electron chi connectivity index (χ2n) is 5.17. The highest BCUT2D eigenvalue weighted by Crippen LogP contribution is 2.17. The Bertz CT molecular complexity index is 573. The fourth-order valence-corrected chi connectivity index (χ4v) is 2.39. The van der Waals surface area contributed by atoms with Crippen molar-refractivity contribution in [1.82, 2.24) is 5.32 Å². The molecule has 1 amide bonds. The third-order valence-corrected chi connectivity index (χ3v) is 3.92. The molecule has 2 aromatic carbocycles.